The molecule has 1 aliphatic carbocycles. The summed E-state index contributed by atoms with van der Waals surface area (Å²) in [5, 5.41) is 24.6. The SMILES string of the molecule is COC(=O)CCSC(=O)[C@]1([C@@H](O)[C@@H]2C=CCCC2)NC(=O)[C@H](CCCl)[C@]1(C)O. The van der Waals surface area contributed by atoms with Gasteiger partial charge in [-0.05, 0) is 32.6 Å². The molecule has 2 rings (SSSR count). The summed E-state index contributed by atoms with van der Waals surface area (Å²) in [5.74, 6) is -2.02. The fourth-order valence-electron chi connectivity index (χ4n) is 4.08. The molecule has 5 atom stereocenters. The number of thioether (sulfide) groups is 1. The standard InChI is InChI=1S/C19H28ClNO6S/c1-18(26)13(8-10-20)16(24)21-19(18,15(23)12-6-4-3-5-7-12)17(25)28-11-9-14(22)27-2/h4,6,12-13,15,23,26H,3,5,7-11H2,1-2H3,(H,21,24)/t12-,13+,15+,18+,19+/m1/s1. The third-order valence-electron chi connectivity index (χ3n) is 5.74. The van der Waals surface area contributed by atoms with Crippen molar-refractivity contribution in [3.63, 3.8) is 0 Å². The summed E-state index contributed by atoms with van der Waals surface area (Å²) in [5.41, 5.74) is -3.72. The average Bonchev–Trinajstić information content (AvgIpc) is 2.89. The molecule has 0 aromatic heterocycles. The van der Waals surface area contributed by atoms with Crippen LogP contribution >= 0.6 is 23.4 Å². The zero-order valence-electron chi connectivity index (χ0n) is 16.2. The number of aliphatic hydroxyl groups is 2. The Morgan fingerprint density at radius 1 is 1.50 bits per heavy atom. The lowest BCUT2D eigenvalue weighted by Crippen LogP contribution is -2.69. The number of alkyl halides is 1. The molecular formula is C19H28ClNO6S. The molecule has 28 heavy (non-hydrogen) atoms. The highest BCUT2D eigenvalue weighted by atomic mass is 35.5. The van der Waals surface area contributed by atoms with Gasteiger partial charge in [-0.15, -0.1) is 11.6 Å². The van der Waals surface area contributed by atoms with Crippen LogP contribution in [-0.2, 0) is 19.1 Å². The molecule has 0 radical (unpaired) electrons. The van der Waals surface area contributed by atoms with Crippen molar-refractivity contribution in [3.05, 3.63) is 12.2 Å². The molecule has 1 amide bonds. The molecule has 7 nitrogen and oxygen atoms in total. The van der Waals surface area contributed by atoms with Gasteiger partial charge in [-0.3, -0.25) is 14.4 Å². The number of nitrogens with one attached hydrogen (secondary N) is 1. The van der Waals surface area contributed by atoms with Crippen LogP contribution in [0.15, 0.2) is 12.2 Å². The maximum absolute atomic E-state index is 13.3. The molecule has 1 heterocycles. The van der Waals surface area contributed by atoms with E-state index in [1.54, 1.807) is 0 Å². The van der Waals surface area contributed by atoms with E-state index >= 15 is 0 Å². The molecule has 1 saturated heterocycles. The Balaban J connectivity index is 2.36. The Bertz CT molecular complexity index is 640. The maximum Gasteiger partial charge on any atom is 0.306 e. The van der Waals surface area contributed by atoms with E-state index in [9.17, 15) is 24.6 Å². The first-order valence-corrected chi connectivity index (χ1v) is 10.9. The molecule has 0 aromatic rings. The zero-order chi connectivity index (χ0) is 20.9. The average molecular weight is 434 g/mol. The van der Waals surface area contributed by atoms with Crippen molar-refractivity contribution in [2.24, 2.45) is 11.8 Å². The van der Waals surface area contributed by atoms with Gasteiger partial charge in [0.05, 0.1) is 25.6 Å². The van der Waals surface area contributed by atoms with Crippen LogP contribution in [-0.4, -0.2) is 63.2 Å². The number of hydrogen-bond donors (Lipinski definition) is 3. The molecule has 3 N–H and O–H groups in total. The molecule has 0 aromatic carbocycles. The summed E-state index contributed by atoms with van der Waals surface area (Å²) >= 11 is 6.60. The van der Waals surface area contributed by atoms with Gasteiger partial charge in [0.1, 0.15) is 5.60 Å². The van der Waals surface area contributed by atoms with Crippen molar-refractivity contribution in [2.75, 3.05) is 18.7 Å². The second-order valence-electron chi connectivity index (χ2n) is 7.40. The number of methoxy groups -OCH3 is 1. The second kappa shape index (κ2) is 9.61. The number of rotatable bonds is 8. The molecule has 0 unspecified atom stereocenters. The van der Waals surface area contributed by atoms with E-state index < -0.39 is 40.2 Å². The predicted octanol–water partition coefficient (Wildman–Crippen LogP) is 1.39. The third kappa shape index (κ3) is 4.25. The van der Waals surface area contributed by atoms with Crippen molar-refractivity contribution in [3.8, 4) is 0 Å². The smallest absolute Gasteiger partial charge is 0.306 e. The van der Waals surface area contributed by atoms with Gasteiger partial charge in [0.25, 0.3) is 0 Å². The molecule has 158 valence electrons. The number of esters is 1. The number of aliphatic hydroxyl groups excluding tert-OH is 1. The Kier molecular flexibility index (Phi) is 7.96. The van der Waals surface area contributed by atoms with E-state index in [0.29, 0.717) is 6.42 Å². The monoisotopic (exact) mass is 433 g/mol. The topological polar surface area (TPSA) is 113 Å². The number of carbonyl (C=O) groups is 3. The largest absolute Gasteiger partial charge is 0.469 e. The van der Waals surface area contributed by atoms with E-state index in [2.05, 4.69) is 10.1 Å². The lowest BCUT2D eigenvalue weighted by Gasteiger charge is -2.45. The Hall–Kier alpha value is -1.09. The first-order chi connectivity index (χ1) is 13.2. The van der Waals surface area contributed by atoms with E-state index in [1.807, 2.05) is 12.2 Å². The van der Waals surface area contributed by atoms with Gasteiger partial charge in [-0.2, -0.15) is 0 Å². The van der Waals surface area contributed by atoms with Crippen molar-refractivity contribution in [2.45, 2.75) is 56.3 Å². The molecule has 9 heteroatoms. The van der Waals surface area contributed by atoms with Gasteiger partial charge in [0.2, 0.25) is 11.0 Å². The molecule has 1 aliphatic heterocycles. The Morgan fingerprint density at radius 3 is 2.79 bits per heavy atom. The van der Waals surface area contributed by atoms with Gasteiger partial charge in [-0.1, -0.05) is 23.9 Å². The lowest BCUT2D eigenvalue weighted by atomic mass is 9.69. The van der Waals surface area contributed by atoms with Crippen molar-refractivity contribution in [1.29, 1.82) is 0 Å². The van der Waals surface area contributed by atoms with Gasteiger partial charge < -0.3 is 20.3 Å². The maximum atomic E-state index is 13.3. The van der Waals surface area contributed by atoms with Crippen LogP contribution in [0.3, 0.4) is 0 Å². The predicted molar refractivity (Wildman–Crippen MR) is 107 cm³/mol. The minimum Gasteiger partial charge on any atom is -0.469 e. The summed E-state index contributed by atoms with van der Waals surface area (Å²) in [4.78, 5) is 37.2. The summed E-state index contributed by atoms with van der Waals surface area (Å²) in [6.45, 7) is 1.40. The number of hydrogen-bond acceptors (Lipinski definition) is 7. The van der Waals surface area contributed by atoms with E-state index in [0.717, 1.165) is 24.6 Å². The minimum absolute atomic E-state index is 0.00358. The summed E-state index contributed by atoms with van der Waals surface area (Å²) in [6, 6.07) is 0. The first-order valence-electron chi connectivity index (χ1n) is 9.41. The van der Waals surface area contributed by atoms with Crippen molar-refractivity contribution in [1.82, 2.24) is 5.32 Å². The highest BCUT2D eigenvalue weighted by molar-refractivity contribution is 8.13. The minimum atomic E-state index is -1.88. The van der Waals surface area contributed by atoms with Crippen LogP contribution in [0.5, 0.6) is 0 Å². The number of amides is 1. The fourth-order valence-corrected chi connectivity index (χ4v) is 5.36. The normalized spacial score (nSPS) is 33.4. The second-order valence-corrected chi connectivity index (χ2v) is 8.85. The summed E-state index contributed by atoms with van der Waals surface area (Å²) < 4.78 is 4.58. The van der Waals surface area contributed by atoms with Crippen molar-refractivity contribution < 1.29 is 29.3 Å². The van der Waals surface area contributed by atoms with Crippen LogP contribution in [0.1, 0.15) is 39.0 Å². The van der Waals surface area contributed by atoms with Crippen LogP contribution in [0.25, 0.3) is 0 Å². The highest BCUT2D eigenvalue weighted by Gasteiger charge is 2.68. The van der Waals surface area contributed by atoms with E-state index in [-0.39, 0.29) is 30.4 Å². The van der Waals surface area contributed by atoms with Gasteiger partial charge in [0.15, 0.2) is 5.54 Å². The third-order valence-corrected chi connectivity index (χ3v) is 6.95. The van der Waals surface area contributed by atoms with Crippen LogP contribution in [0.4, 0.5) is 0 Å². The molecule has 1 fully saturated rings. The van der Waals surface area contributed by atoms with Crippen LogP contribution < -0.4 is 5.32 Å². The van der Waals surface area contributed by atoms with Crippen LogP contribution in [0, 0.1) is 11.8 Å². The quantitative estimate of drug-likeness (QED) is 0.301. The molecule has 2 aliphatic rings. The molecule has 0 saturated carbocycles. The number of halogens is 1. The van der Waals surface area contributed by atoms with Crippen LogP contribution in [0.2, 0.25) is 0 Å². The van der Waals surface area contributed by atoms with E-state index in [1.165, 1.54) is 14.0 Å². The van der Waals surface area contributed by atoms with Gasteiger partial charge >= 0.3 is 5.97 Å². The summed E-state index contributed by atoms with van der Waals surface area (Å²) in [6.07, 6.45) is 5.02. The number of carbonyl (C=O) groups excluding carboxylic acids is 3. The first kappa shape index (κ1) is 23.2. The molecule has 0 bridgehead atoms. The molecule has 0 spiro atoms. The molecular weight excluding hydrogens is 406 g/mol. The van der Waals surface area contributed by atoms with Gasteiger partial charge in [-0.25, -0.2) is 0 Å². The number of allylic oxidation sites excluding steroid dienone is 1. The lowest BCUT2D eigenvalue weighted by molar-refractivity contribution is -0.142. The zero-order valence-corrected chi connectivity index (χ0v) is 17.7. The summed E-state index contributed by atoms with van der Waals surface area (Å²) in [7, 11) is 1.26. The number of ether oxygens (including phenoxy) is 1. The highest BCUT2D eigenvalue weighted by Crippen LogP contribution is 2.46. The Morgan fingerprint density at radius 2 is 2.21 bits per heavy atom. The van der Waals surface area contributed by atoms with E-state index in [4.69, 9.17) is 11.6 Å². The van der Waals surface area contributed by atoms with Gasteiger partial charge in [0, 0.05) is 17.6 Å². The Labute approximate surface area is 174 Å². The van der Waals surface area contributed by atoms with Crippen molar-refractivity contribution >= 4 is 40.4 Å². The fraction of sp³-hybridized carbons (Fsp3) is 0.737.